The molecule has 0 aliphatic rings. The first-order valence-corrected chi connectivity index (χ1v) is 6.22. The zero-order chi connectivity index (χ0) is 14.5. The fourth-order valence-electron chi connectivity index (χ4n) is 1.87. The first kappa shape index (κ1) is 14.0. The third kappa shape index (κ3) is 3.30. The minimum atomic E-state index is -0.581. The molecule has 2 rings (SSSR count). The number of primary amides is 1. The number of amides is 1. The minimum Gasteiger partial charge on any atom is -0.364 e. The largest absolute Gasteiger partial charge is 0.364 e. The quantitative estimate of drug-likeness (QED) is 0.833. The molecule has 0 spiro atoms. The highest BCUT2D eigenvalue weighted by atomic mass is 16.1. The van der Waals surface area contributed by atoms with Gasteiger partial charge in [0.25, 0.3) is 5.91 Å². The van der Waals surface area contributed by atoms with E-state index >= 15 is 0 Å². The molecule has 1 aromatic heterocycles. The fraction of sp³-hybridized carbons (Fsp3) is 0.214. The lowest BCUT2D eigenvalue weighted by Crippen LogP contribution is -2.20. The van der Waals surface area contributed by atoms with E-state index in [1.54, 1.807) is 12.1 Å². The van der Waals surface area contributed by atoms with E-state index in [-0.39, 0.29) is 5.69 Å². The molecule has 0 aliphatic heterocycles. The van der Waals surface area contributed by atoms with Crippen LogP contribution < -0.4 is 16.4 Å². The Hall–Kier alpha value is -2.47. The minimum absolute atomic E-state index is 0.160. The van der Waals surface area contributed by atoms with Gasteiger partial charge in [-0.15, -0.1) is 10.2 Å². The van der Waals surface area contributed by atoms with E-state index in [1.807, 2.05) is 30.1 Å². The van der Waals surface area contributed by atoms with Gasteiger partial charge in [0.1, 0.15) is 0 Å². The van der Waals surface area contributed by atoms with Crippen LogP contribution in [0.2, 0.25) is 0 Å². The molecule has 0 fully saturated rings. The van der Waals surface area contributed by atoms with Crippen LogP contribution >= 0.6 is 0 Å². The lowest BCUT2D eigenvalue weighted by molar-refractivity contribution is 0.0994. The SMILES string of the molecule is CN(Cc1cccc(CN)c1)c1ccc(C(N)=O)nn1. The third-order valence-electron chi connectivity index (χ3n) is 2.94. The summed E-state index contributed by atoms with van der Waals surface area (Å²) in [5, 5.41) is 7.78. The second kappa shape index (κ2) is 6.12. The van der Waals surface area contributed by atoms with Crippen molar-refractivity contribution in [2.75, 3.05) is 11.9 Å². The number of hydrogen-bond donors (Lipinski definition) is 2. The van der Waals surface area contributed by atoms with Crippen LogP contribution in [-0.2, 0) is 13.1 Å². The molecule has 0 bridgehead atoms. The van der Waals surface area contributed by atoms with Crippen LogP contribution in [0.5, 0.6) is 0 Å². The number of rotatable bonds is 5. The zero-order valence-electron chi connectivity index (χ0n) is 11.3. The van der Waals surface area contributed by atoms with Gasteiger partial charge in [0.15, 0.2) is 11.5 Å². The van der Waals surface area contributed by atoms with Gasteiger partial charge in [-0.2, -0.15) is 0 Å². The molecule has 20 heavy (non-hydrogen) atoms. The summed E-state index contributed by atoms with van der Waals surface area (Å²) >= 11 is 0. The van der Waals surface area contributed by atoms with Gasteiger partial charge in [-0.3, -0.25) is 4.79 Å². The van der Waals surface area contributed by atoms with Crippen LogP contribution in [0.1, 0.15) is 21.6 Å². The van der Waals surface area contributed by atoms with Crippen LogP contribution in [0.4, 0.5) is 5.82 Å². The Bertz CT molecular complexity index is 597. The number of carbonyl (C=O) groups excluding carboxylic acids is 1. The Morgan fingerprint density at radius 2 is 1.95 bits per heavy atom. The van der Waals surface area contributed by atoms with Crippen molar-refractivity contribution in [1.29, 1.82) is 0 Å². The maximum atomic E-state index is 10.9. The van der Waals surface area contributed by atoms with Crippen LogP contribution in [0.15, 0.2) is 36.4 Å². The summed E-state index contributed by atoms with van der Waals surface area (Å²) in [5.41, 5.74) is 13.1. The van der Waals surface area contributed by atoms with Crippen molar-refractivity contribution in [1.82, 2.24) is 10.2 Å². The van der Waals surface area contributed by atoms with Crippen molar-refractivity contribution in [3.63, 3.8) is 0 Å². The van der Waals surface area contributed by atoms with Gasteiger partial charge in [-0.25, -0.2) is 0 Å². The molecular formula is C14H17N5O. The Labute approximate surface area is 117 Å². The number of aromatic nitrogens is 2. The number of carbonyl (C=O) groups is 1. The topological polar surface area (TPSA) is 98.1 Å². The second-order valence-corrected chi connectivity index (χ2v) is 4.52. The summed E-state index contributed by atoms with van der Waals surface area (Å²) in [7, 11) is 1.91. The molecule has 6 heteroatoms. The van der Waals surface area contributed by atoms with E-state index in [2.05, 4.69) is 16.3 Å². The number of nitrogens with two attached hydrogens (primary N) is 2. The summed E-state index contributed by atoms with van der Waals surface area (Å²) in [4.78, 5) is 12.9. The predicted octanol–water partition coefficient (Wildman–Crippen LogP) is 0.671. The van der Waals surface area contributed by atoms with Crippen molar-refractivity contribution in [3.8, 4) is 0 Å². The highest BCUT2D eigenvalue weighted by Gasteiger charge is 2.07. The molecule has 2 aromatic rings. The summed E-state index contributed by atoms with van der Waals surface area (Å²) in [6.45, 7) is 1.20. The molecule has 1 aromatic carbocycles. The molecule has 0 unspecified atom stereocenters. The van der Waals surface area contributed by atoms with Gasteiger partial charge in [0, 0.05) is 20.1 Å². The average molecular weight is 271 g/mol. The zero-order valence-corrected chi connectivity index (χ0v) is 11.3. The molecule has 0 aliphatic carbocycles. The molecule has 1 heterocycles. The summed E-state index contributed by atoms with van der Waals surface area (Å²) < 4.78 is 0. The highest BCUT2D eigenvalue weighted by molar-refractivity contribution is 5.90. The van der Waals surface area contributed by atoms with E-state index in [0.717, 1.165) is 11.1 Å². The van der Waals surface area contributed by atoms with Crippen LogP contribution in [0.3, 0.4) is 0 Å². The van der Waals surface area contributed by atoms with Gasteiger partial charge < -0.3 is 16.4 Å². The van der Waals surface area contributed by atoms with Gasteiger partial charge in [0.05, 0.1) is 0 Å². The maximum absolute atomic E-state index is 10.9. The van der Waals surface area contributed by atoms with Gasteiger partial charge in [0.2, 0.25) is 0 Å². The van der Waals surface area contributed by atoms with Crippen molar-refractivity contribution in [3.05, 3.63) is 53.2 Å². The average Bonchev–Trinajstić information content (AvgIpc) is 2.47. The molecule has 0 saturated heterocycles. The van der Waals surface area contributed by atoms with Crippen LogP contribution in [-0.4, -0.2) is 23.2 Å². The molecule has 6 nitrogen and oxygen atoms in total. The second-order valence-electron chi connectivity index (χ2n) is 4.52. The summed E-state index contributed by atoms with van der Waals surface area (Å²) in [6.07, 6.45) is 0. The van der Waals surface area contributed by atoms with Gasteiger partial charge >= 0.3 is 0 Å². The van der Waals surface area contributed by atoms with Crippen molar-refractivity contribution < 1.29 is 4.79 Å². The lowest BCUT2D eigenvalue weighted by atomic mass is 10.1. The molecule has 4 N–H and O–H groups in total. The van der Waals surface area contributed by atoms with E-state index in [1.165, 1.54) is 0 Å². The van der Waals surface area contributed by atoms with Crippen molar-refractivity contribution in [2.24, 2.45) is 11.5 Å². The predicted molar refractivity (Wildman–Crippen MR) is 77.0 cm³/mol. The smallest absolute Gasteiger partial charge is 0.269 e. The lowest BCUT2D eigenvalue weighted by Gasteiger charge is -2.18. The monoisotopic (exact) mass is 271 g/mol. The number of nitrogens with zero attached hydrogens (tertiary/aromatic N) is 3. The Morgan fingerprint density at radius 1 is 1.20 bits per heavy atom. The Kier molecular flexibility index (Phi) is 4.27. The van der Waals surface area contributed by atoms with Gasteiger partial charge in [-0.1, -0.05) is 24.3 Å². The Balaban J connectivity index is 2.10. The van der Waals surface area contributed by atoms with Crippen molar-refractivity contribution >= 4 is 11.7 Å². The molecule has 1 amide bonds. The van der Waals surface area contributed by atoms with Crippen LogP contribution in [0.25, 0.3) is 0 Å². The molecule has 0 saturated carbocycles. The van der Waals surface area contributed by atoms with Crippen LogP contribution in [0, 0.1) is 0 Å². The highest BCUT2D eigenvalue weighted by Crippen LogP contribution is 2.13. The maximum Gasteiger partial charge on any atom is 0.269 e. The fourth-order valence-corrected chi connectivity index (χ4v) is 1.87. The summed E-state index contributed by atoms with van der Waals surface area (Å²) in [6, 6.07) is 11.3. The standard InChI is InChI=1S/C14H17N5O/c1-19(9-11-4-2-3-10(7-11)8-15)13-6-5-12(14(16)20)17-18-13/h2-7H,8-9,15H2,1H3,(H2,16,20). The number of anilines is 1. The number of benzene rings is 1. The van der Waals surface area contributed by atoms with E-state index < -0.39 is 5.91 Å². The molecule has 104 valence electrons. The Morgan fingerprint density at radius 3 is 2.55 bits per heavy atom. The summed E-state index contributed by atoms with van der Waals surface area (Å²) in [5.74, 6) is 0.0931. The molecular weight excluding hydrogens is 254 g/mol. The van der Waals surface area contributed by atoms with E-state index in [4.69, 9.17) is 11.5 Å². The third-order valence-corrected chi connectivity index (χ3v) is 2.94. The van der Waals surface area contributed by atoms with E-state index in [9.17, 15) is 4.79 Å². The van der Waals surface area contributed by atoms with Crippen molar-refractivity contribution in [2.45, 2.75) is 13.1 Å². The van der Waals surface area contributed by atoms with Gasteiger partial charge in [-0.05, 0) is 23.3 Å². The normalized spacial score (nSPS) is 10.3. The first-order valence-electron chi connectivity index (χ1n) is 6.22. The first-order chi connectivity index (χ1) is 9.60. The number of hydrogen-bond acceptors (Lipinski definition) is 5. The van der Waals surface area contributed by atoms with E-state index in [0.29, 0.717) is 18.9 Å². The molecule has 0 radical (unpaired) electrons. The molecule has 0 atom stereocenters.